The number of rotatable bonds is 4. The molecule has 0 fully saturated rings. The predicted molar refractivity (Wildman–Crippen MR) is 60.2 cm³/mol. The lowest BCUT2D eigenvalue weighted by Crippen LogP contribution is -2.19. The van der Waals surface area contributed by atoms with Gasteiger partial charge in [-0.3, -0.25) is 5.32 Å². The Bertz CT molecular complexity index is 456. The van der Waals surface area contributed by atoms with E-state index in [-0.39, 0.29) is 6.04 Å². The number of benzene rings is 1. The molecule has 0 aliphatic rings. The predicted octanol–water partition coefficient (Wildman–Crippen LogP) is 1.76. The summed E-state index contributed by atoms with van der Waals surface area (Å²) in [5.74, 6) is 0. The average molecular weight is 212 g/mol. The van der Waals surface area contributed by atoms with Crippen molar-refractivity contribution in [2.75, 3.05) is 0 Å². The van der Waals surface area contributed by atoms with Gasteiger partial charge in [-0.25, -0.2) is 4.98 Å². The number of H-pyrrole nitrogens is 1. The molecule has 80 valence electrons. The lowest BCUT2D eigenvalue weighted by molar-refractivity contribution is 0.619. The molecule has 4 nitrogen and oxygen atoms in total. The first-order valence-electron chi connectivity index (χ1n) is 5.05. The van der Waals surface area contributed by atoms with Gasteiger partial charge in [0.05, 0.1) is 24.3 Å². The molecule has 0 aliphatic carbocycles. The first-order valence-corrected chi connectivity index (χ1v) is 5.05. The normalized spacial score (nSPS) is 11.9. The van der Waals surface area contributed by atoms with Crippen LogP contribution < -0.4 is 5.32 Å². The van der Waals surface area contributed by atoms with Crippen LogP contribution in [0.5, 0.6) is 0 Å². The summed E-state index contributed by atoms with van der Waals surface area (Å²) in [4.78, 5) is 6.83. The molecular formula is C12H12N4. The van der Waals surface area contributed by atoms with E-state index in [2.05, 4.69) is 21.4 Å². The minimum absolute atomic E-state index is 0.345. The second-order valence-corrected chi connectivity index (χ2v) is 3.44. The largest absolute Gasteiger partial charge is 0.346 e. The van der Waals surface area contributed by atoms with Gasteiger partial charge in [0.25, 0.3) is 0 Å². The maximum absolute atomic E-state index is 9.02. The van der Waals surface area contributed by atoms with Crippen molar-refractivity contribution in [3.8, 4) is 6.07 Å². The first-order chi connectivity index (χ1) is 7.90. The van der Waals surface area contributed by atoms with Crippen LogP contribution in [-0.2, 0) is 6.54 Å². The highest BCUT2D eigenvalue weighted by molar-refractivity contribution is 5.17. The Morgan fingerprint density at radius 2 is 2.19 bits per heavy atom. The highest BCUT2D eigenvalue weighted by Crippen LogP contribution is 2.08. The van der Waals surface area contributed by atoms with E-state index in [1.54, 1.807) is 12.5 Å². The zero-order valence-electron chi connectivity index (χ0n) is 8.72. The Labute approximate surface area is 94.0 Å². The molecule has 2 N–H and O–H groups in total. The molecule has 0 saturated heterocycles. The molecule has 0 saturated carbocycles. The topological polar surface area (TPSA) is 64.5 Å². The van der Waals surface area contributed by atoms with Crippen LogP contribution in [0.15, 0.2) is 42.9 Å². The summed E-state index contributed by atoms with van der Waals surface area (Å²) in [5, 5.41) is 12.2. The molecule has 1 aromatic heterocycles. The van der Waals surface area contributed by atoms with Crippen LogP contribution >= 0.6 is 0 Å². The van der Waals surface area contributed by atoms with Gasteiger partial charge >= 0.3 is 0 Å². The van der Waals surface area contributed by atoms with Crippen LogP contribution in [0.4, 0.5) is 0 Å². The molecule has 2 rings (SSSR count). The van der Waals surface area contributed by atoms with E-state index in [9.17, 15) is 0 Å². The number of nitrogens with one attached hydrogen (secondary N) is 2. The van der Waals surface area contributed by atoms with E-state index in [1.807, 2.05) is 30.3 Å². The number of hydrogen-bond acceptors (Lipinski definition) is 3. The molecule has 4 heteroatoms. The molecule has 1 unspecified atom stereocenters. The van der Waals surface area contributed by atoms with Gasteiger partial charge in [0.15, 0.2) is 0 Å². The van der Waals surface area contributed by atoms with E-state index in [1.165, 1.54) is 0 Å². The number of hydrogen-bond donors (Lipinski definition) is 2. The van der Waals surface area contributed by atoms with E-state index >= 15 is 0 Å². The lowest BCUT2D eigenvalue weighted by atomic mass is 10.2. The lowest BCUT2D eigenvalue weighted by Gasteiger charge is -2.09. The SMILES string of the molecule is N#CC(NCc1ccccc1)c1cnc[nH]1. The van der Waals surface area contributed by atoms with Crippen LogP contribution in [0.1, 0.15) is 17.3 Å². The highest BCUT2D eigenvalue weighted by atomic mass is 15.0. The Balaban J connectivity index is 1.97. The van der Waals surface area contributed by atoms with Gasteiger partial charge in [-0.15, -0.1) is 0 Å². The first kappa shape index (κ1) is 10.4. The van der Waals surface area contributed by atoms with Crippen LogP contribution in [0.2, 0.25) is 0 Å². The summed E-state index contributed by atoms with van der Waals surface area (Å²) >= 11 is 0. The third-order valence-electron chi connectivity index (χ3n) is 2.31. The van der Waals surface area contributed by atoms with E-state index < -0.39 is 0 Å². The molecule has 1 aromatic carbocycles. The number of nitriles is 1. The van der Waals surface area contributed by atoms with Crippen LogP contribution in [-0.4, -0.2) is 9.97 Å². The summed E-state index contributed by atoms with van der Waals surface area (Å²) in [7, 11) is 0. The van der Waals surface area contributed by atoms with Gasteiger partial charge in [-0.2, -0.15) is 5.26 Å². The van der Waals surface area contributed by atoms with Gasteiger partial charge < -0.3 is 4.98 Å². The fraction of sp³-hybridized carbons (Fsp3) is 0.167. The number of imidazole rings is 1. The van der Waals surface area contributed by atoms with Gasteiger partial charge in [0.2, 0.25) is 0 Å². The third kappa shape index (κ3) is 2.47. The van der Waals surface area contributed by atoms with E-state index in [0.29, 0.717) is 6.54 Å². The maximum atomic E-state index is 9.02. The van der Waals surface area contributed by atoms with Crippen LogP contribution in [0.25, 0.3) is 0 Å². The zero-order valence-corrected chi connectivity index (χ0v) is 8.72. The fourth-order valence-corrected chi connectivity index (χ4v) is 1.47. The van der Waals surface area contributed by atoms with Crippen molar-refractivity contribution >= 4 is 0 Å². The minimum atomic E-state index is -0.345. The Morgan fingerprint density at radius 1 is 1.38 bits per heavy atom. The van der Waals surface area contributed by atoms with Gasteiger partial charge in [-0.05, 0) is 5.56 Å². The third-order valence-corrected chi connectivity index (χ3v) is 2.31. The van der Waals surface area contributed by atoms with Crippen molar-refractivity contribution in [1.29, 1.82) is 5.26 Å². The molecule has 0 amide bonds. The zero-order chi connectivity index (χ0) is 11.2. The Kier molecular flexibility index (Phi) is 3.31. The van der Waals surface area contributed by atoms with Crippen molar-refractivity contribution in [2.45, 2.75) is 12.6 Å². The van der Waals surface area contributed by atoms with E-state index in [0.717, 1.165) is 11.3 Å². The second-order valence-electron chi connectivity index (χ2n) is 3.44. The fourth-order valence-electron chi connectivity index (χ4n) is 1.47. The summed E-state index contributed by atoms with van der Waals surface area (Å²) in [6.07, 6.45) is 3.23. The summed E-state index contributed by atoms with van der Waals surface area (Å²) in [6, 6.07) is 11.8. The van der Waals surface area contributed by atoms with Crippen molar-refractivity contribution < 1.29 is 0 Å². The molecule has 1 heterocycles. The Hall–Kier alpha value is -2.12. The molecule has 2 aromatic rings. The van der Waals surface area contributed by atoms with Crippen molar-refractivity contribution in [3.63, 3.8) is 0 Å². The number of aromatic amines is 1. The molecule has 0 radical (unpaired) electrons. The van der Waals surface area contributed by atoms with Crippen LogP contribution in [0.3, 0.4) is 0 Å². The molecule has 0 spiro atoms. The molecule has 0 aliphatic heterocycles. The Morgan fingerprint density at radius 3 is 2.81 bits per heavy atom. The van der Waals surface area contributed by atoms with Crippen LogP contribution in [0, 0.1) is 11.3 Å². The van der Waals surface area contributed by atoms with Crippen molar-refractivity contribution in [3.05, 3.63) is 54.1 Å². The monoisotopic (exact) mass is 212 g/mol. The van der Waals surface area contributed by atoms with Gasteiger partial charge in [0, 0.05) is 6.54 Å². The van der Waals surface area contributed by atoms with Gasteiger partial charge in [0.1, 0.15) is 6.04 Å². The van der Waals surface area contributed by atoms with Crippen molar-refractivity contribution in [1.82, 2.24) is 15.3 Å². The van der Waals surface area contributed by atoms with Crippen molar-refractivity contribution in [2.24, 2.45) is 0 Å². The smallest absolute Gasteiger partial charge is 0.138 e. The quantitative estimate of drug-likeness (QED) is 0.811. The average Bonchev–Trinajstić information content (AvgIpc) is 2.85. The summed E-state index contributed by atoms with van der Waals surface area (Å²) in [6.45, 7) is 0.665. The summed E-state index contributed by atoms with van der Waals surface area (Å²) in [5.41, 5.74) is 1.95. The molecule has 16 heavy (non-hydrogen) atoms. The molecule has 0 bridgehead atoms. The van der Waals surface area contributed by atoms with E-state index in [4.69, 9.17) is 5.26 Å². The number of aromatic nitrogens is 2. The standard InChI is InChI=1S/C12H12N4/c13-6-11(12-8-14-9-16-12)15-7-10-4-2-1-3-5-10/h1-5,8-9,11,15H,7H2,(H,14,16). The summed E-state index contributed by atoms with van der Waals surface area (Å²) < 4.78 is 0. The highest BCUT2D eigenvalue weighted by Gasteiger charge is 2.10. The minimum Gasteiger partial charge on any atom is -0.346 e. The number of nitrogens with zero attached hydrogens (tertiary/aromatic N) is 2. The molecule has 1 atom stereocenters. The second kappa shape index (κ2) is 5.10. The molecular weight excluding hydrogens is 200 g/mol. The van der Waals surface area contributed by atoms with Gasteiger partial charge in [-0.1, -0.05) is 30.3 Å². The maximum Gasteiger partial charge on any atom is 0.138 e.